The molecule has 0 saturated carbocycles. The Labute approximate surface area is 93.4 Å². The summed E-state index contributed by atoms with van der Waals surface area (Å²) in [5, 5.41) is 15.3. The van der Waals surface area contributed by atoms with Gasteiger partial charge in [0.05, 0.1) is 4.92 Å². The van der Waals surface area contributed by atoms with Gasteiger partial charge >= 0.3 is 0 Å². The molecule has 6 nitrogen and oxygen atoms in total. The van der Waals surface area contributed by atoms with Crippen molar-refractivity contribution in [1.29, 1.82) is 0 Å². The van der Waals surface area contributed by atoms with E-state index in [2.05, 4.69) is 0 Å². The van der Waals surface area contributed by atoms with Crippen molar-refractivity contribution in [3.8, 4) is 0 Å². The van der Waals surface area contributed by atoms with E-state index in [1.54, 1.807) is 0 Å². The zero-order valence-corrected chi connectivity index (χ0v) is 9.65. The number of nitrogens with zero attached hydrogens (tertiary/aromatic N) is 1. The van der Waals surface area contributed by atoms with E-state index in [0.717, 1.165) is 12.1 Å². The highest BCUT2D eigenvalue weighted by atomic mass is 127. The molecule has 0 saturated heterocycles. The van der Waals surface area contributed by atoms with Gasteiger partial charge in [-0.1, -0.05) is 0 Å². The number of primary sulfonamides is 1. The minimum absolute atomic E-state index is 0.470. The molecule has 0 spiro atoms. The topological polar surface area (TPSA) is 103 Å². The van der Waals surface area contributed by atoms with Gasteiger partial charge in [-0.3, -0.25) is 10.1 Å². The van der Waals surface area contributed by atoms with Crippen LogP contribution in [0, 0.1) is 13.7 Å². The van der Waals surface area contributed by atoms with Crippen molar-refractivity contribution in [2.45, 2.75) is 4.90 Å². The molecule has 0 amide bonds. The van der Waals surface area contributed by atoms with Gasteiger partial charge in [0.25, 0.3) is 5.69 Å². The van der Waals surface area contributed by atoms with Crippen molar-refractivity contribution in [1.82, 2.24) is 0 Å². The summed E-state index contributed by atoms with van der Waals surface area (Å²) in [6.07, 6.45) is 0. The molecule has 2 N–H and O–H groups in total. The van der Waals surface area contributed by atoms with Crippen molar-refractivity contribution in [2.75, 3.05) is 0 Å². The van der Waals surface area contributed by atoms with Crippen LogP contribution in [0.1, 0.15) is 0 Å². The second kappa shape index (κ2) is 3.79. The van der Waals surface area contributed by atoms with Gasteiger partial charge in [-0.15, -0.1) is 0 Å². The molecule has 0 fully saturated rings. The fraction of sp³-hybridized carbons (Fsp3) is 0. The number of halogens is 1. The highest BCUT2D eigenvalue weighted by Gasteiger charge is 2.22. The number of nitrogens with two attached hydrogens (primary N) is 1. The summed E-state index contributed by atoms with van der Waals surface area (Å²) in [4.78, 5) is 9.26. The summed E-state index contributed by atoms with van der Waals surface area (Å²) in [5.41, 5.74) is -0.501. The molecule has 1 aromatic rings. The van der Waals surface area contributed by atoms with Crippen LogP contribution < -0.4 is 5.14 Å². The molecular weight excluding hydrogens is 323 g/mol. The molecule has 0 atom stereocenters. The van der Waals surface area contributed by atoms with Crippen LogP contribution in [0.2, 0.25) is 0 Å². The smallest absolute Gasteiger partial charge is 0.258 e. The molecular formula is C6H5IN2O4S. The second-order valence-electron chi connectivity index (χ2n) is 2.41. The van der Waals surface area contributed by atoms with E-state index in [1.165, 1.54) is 6.07 Å². The summed E-state index contributed by atoms with van der Waals surface area (Å²) in [6, 6.07) is 3.71. The lowest BCUT2D eigenvalue weighted by molar-refractivity contribution is -0.387. The standard InChI is InChI=1S/C6H5IN2O4S/c7-4-1-2-6(14(8,12)13)5(3-4)9(10)11/h1-3H,(H2,8,12,13). The molecule has 1 aromatic carbocycles. The maximum atomic E-state index is 10.9. The number of rotatable bonds is 2. The molecule has 8 heteroatoms. The van der Waals surface area contributed by atoms with Crippen molar-refractivity contribution >= 4 is 38.3 Å². The molecule has 0 aliphatic heterocycles. The van der Waals surface area contributed by atoms with Crippen LogP contribution in [0.3, 0.4) is 0 Å². The quantitative estimate of drug-likeness (QED) is 0.494. The van der Waals surface area contributed by atoms with E-state index in [1.807, 2.05) is 22.6 Å². The van der Waals surface area contributed by atoms with E-state index >= 15 is 0 Å². The number of sulfonamides is 1. The van der Waals surface area contributed by atoms with Crippen LogP contribution in [0.4, 0.5) is 5.69 Å². The summed E-state index contributed by atoms with van der Waals surface area (Å²) >= 11 is 1.84. The predicted octanol–water partition coefficient (Wildman–Crippen LogP) is 0.847. The van der Waals surface area contributed by atoms with Gasteiger partial charge in [-0.25, -0.2) is 13.6 Å². The highest BCUT2D eigenvalue weighted by Crippen LogP contribution is 2.24. The molecule has 0 radical (unpaired) electrons. The van der Waals surface area contributed by atoms with E-state index in [0.29, 0.717) is 3.57 Å². The lowest BCUT2D eigenvalue weighted by Crippen LogP contribution is -2.14. The first kappa shape index (κ1) is 11.3. The number of hydrogen-bond acceptors (Lipinski definition) is 4. The molecule has 14 heavy (non-hydrogen) atoms. The van der Waals surface area contributed by atoms with E-state index in [4.69, 9.17) is 5.14 Å². The number of nitro benzene ring substituents is 1. The summed E-state index contributed by atoms with van der Waals surface area (Å²) in [5.74, 6) is 0. The Balaban J connectivity index is 3.53. The second-order valence-corrected chi connectivity index (χ2v) is 5.19. The van der Waals surface area contributed by atoms with Crippen LogP contribution >= 0.6 is 22.6 Å². The number of hydrogen-bond donors (Lipinski definition) is 1. The highest BCUT2D eigenvalue weighted by molar-refractivity contribution is 14.1. The fourth-order valence-corrected chi connectivity index (χ4v) is 2.03. The first-order chi connectivity index (χ1) is 6.32. The normalized spacial score (nSPS) is 11.3. The molecule has 1 rings (SSSR count). The summed E-state index contributed by atoms with van der Waals surface area (Å²) < 4.78 is 22.5. The molecule has 0 aliphatic rings. The van der Waals surface area contributed by atoms with Crippen molar-refractivity contribution in [2.24, 2.45) is 5.14 Å². The molecule has 0 aromatic heterocycles. The van der Waals surface area contributed by atoms with Gasteiger partial charge in [0.2, 0.25) is 10.0 Å². The predicted molar refractivity (Wildman–Crippen MR) is 57.2 cm³/mol. The zero-order valence-electron chi connectivity index (χ0n) is 6.68. The van der Waals surface area contributed by atoms with Gasteiger partial charge in [0, 0.05) is 9.64 Å². The molecule has 0 bridgehead atoms. The molecule has 0 heterocycles. The van der Waals surface area contributed by atoms with Crippen LogP contribution in [0.5, 0.6) is 0 Å². The third-order valence-electron chi connectivity index (χ3n) is 1.42. The Hall–Kier alpha value is -0.740. The minimum atomic E-state index is -4.04. The summed E-state index contributed by atoms with van der Waals surface area (Å²) in [6.45, 7) is 0. The Bertz CT molecular complexity index is 485. The maximum absolute atomic E-state index is 10.9. The van der Waals surface area contributed by atoms with Crippen LogP contribution in [0.25, 0.3) is 0 Å². The third-order valence-corrected chi connectivity index (χ3v) is 3.05. The van der Waals surface area contributed by atoms with Crippen molar-refractivity contribution < 1.29 is 13.3 Å². The van der Waals surface area contributed by atoms with E-state index < -0.39 is 25.5 Å². The van der Waals surface area contributed by atoms with E-state index in [-0.39, 0.29) is 0 Å². The average molecular weight is 328 g/mol. The average Bonchev–Trinajstić information content (AvgIpc) is 2.01. The van der Waals surface area contributed by atoms with Gasteiger partial charge in [0.1, 0.15) is 0 Å². The van der Waals surface area contributed by atoms with E-state index in [9.17, 15) is 18.5 Å². The molecule has 76 valence electrons. The lowest BCUT2D eigenvalue weighted by Gasteiger charge is -1.99. The Morgan fingerprint density at radius 2 is 2.00 bits per heavy atom. The van der Waals surface area contributed by atoms with Gasteiger partial charge in [-0.2, -0.15) is 0 Å². The zero-order chi connectivity index (χ0) is 10.9. The number of nitro groups is 1. The van der Waals surface area contributed by atoms with Gasteiger partial charge < -0.3 is 0 Å². The minimum Gasteiger partial charge on any atom is -0.258 e. The molecule has 0 aliphatic carbocycles. The fourth-order valence-electron chi connectivity index (χ4n) is 0.874. The summed E-state index contributed by atoms with van der Waals surface area (Å²) in [7, 11) is -4.04. The Morgan fingerprint density at radius 3 is 2.43 bits per heavy atom. The number of benzene rings is 1. The van der Waals surface area contributed by atoms with Crippen LogP contribution in [-0.2, 0) is 10.0 Å². The van der Waals surface area contributed by atoms with Crippen molar-refractivity contribution in [3.63, 3.8) is 0 Å². The third kappa shape index (κ3) is 2.39. The molecule has 0 unspecified atom stereocenters. The van der Waals surface area contributed by atoms with Crippen LogP contribution in [0.15, 0.2) is 23.1 Å². The largest absolute Gasteiger partial charge is 0.290 e. The first-order valence-electron chi connectivity index (χ1n) is 3.29. The van der Waals surface area contributed by atoms with Gasteiger partial charge in [0.15, 0.2) is 4.90 Å². The van der Waals surface area contributed by atoms with Crippen LogP contribution in [-0.4, -0.2) is 13.3 Å². The van der Waals surface area contributed by atoms with Gasteiger partial charge in [-0.05, 0) is 34.7 Å². The Kier molecular flexibility index (Phi) is 3.07. The monoisotopic (exact) mass is 328 g/mol. The first-order valence-corrected chi connectivity index (χ1v) is 5.91. The van der Waals surface area contributed by atoms with Crippen molar-refractivity contribution in [3.05, 3.63) is 31.9 Å². The Morgan fingerprint density at radius 1 is 1.43 bits per heavy atom. The maximum Gasteiger partial charge on any atom is 0.290 e. The SMILES string of the molecule is NS(=O)(=O)c1ccc(I)cc1[N+](=O)[O-]. The lowest BCUT2D eigenvalue weighted by atomic mass is 10.3.